The zero-order chi connectivity index (χ0) is 21.5. The molecule has 0 radical (unpaired) electrons. The SMILES string of the molecule is CCCC(O)C1C=C(C)C(c2cc3cnc(NC(=O)C4CC4)cc3c(C3CC3)n2)=CN1. The topological polar surface area (TPSA) is 87.1 Å². The zero-order valence-electron chi connectivity index (χ0n) is 18.2. The smallest absolute Gasteiger partial charge is 0.228 e. The summed E-state index contributed by atoms with van der Waals surface area (Å²) in [5, 5.41) is 18.8. The minimum atomic E-state index is -0.391. The van der Waals surface area contributed by atoms with Gasteiger partial charge in [0.15, 0.2) is 0 Å². The van der Waals surface area contributed by atoms with Crippen LogP contribution in [0.5, 0.6) is 0 Å². The fraction of sp³-hybridized carbons (Fsp3) is 0.480. The van der Waals surface area contributed by atoms with E-state index in [1.807, 2.05) is 18.5 Å². The molecule has 3 aliphatic rings. The van der Waals surface area contributed by atoms with Gasteiger partial charge >= 0.3 is 0 Å². The van der Waals surface area contributed by atoms with Gasteiger partial charge < -0.3 is 15.7 Å². The van der Waals surface area contributed by atoms with Gasteiger partial charge in [0.2, 0.25) is 5.91 Å². The first-order valence-electron chi connectivity index (χ1n) is 11.5. The van der Waals surface area contributed by atoms with Crippen molar-refractivity contribution in [1.29, 1.82) is 0 Å². The average molecular weight is 419 g/mol. The predicted octanol–water partition coefficient (Wildman–Crippen LogP) is 4.28. The number of allylic oxidation sites excluding steroid dienone is 2. The third kappa shape index (κ3) is 4.22. The molecule has 1 aliphatic heterocycles. The molecule has 3 heterocycles. The highest BCUT2D eigenvalue weighted by Gasteiger charge is 2.31. The molecular weight excluding hydrogens is 388 g/mol. The van der Waals surface area contributed by atoms with Crippen molar-refractivity contribution in [1.82, 2.24) is 15.3 Å². The van der Waals surface area contributed by atoms with Crippen molar-refractivity contribution in [2.75, 3.05) is 5.32 Å². The fourth-order valence-corrected chi connectivity index (χ4v) is 4.29. The third-order valence-electron chi connectivity index (χ3n) is 6.46. The molecule has 6 nitrogen and oxygen atoms in total. The zero-order valence-corrected chi connectivity index (χ0v) is 18.2. The van der Waals surface area contributed by atoms with E-state index in [1.54, 1.807) is 0 Å². The first-order chi connectivity index (χ1) is 15.0. The molecule has 6 heteroatoms. The predicted molar refractivity (Wildman–Crippen MR) is 122 cm³/mol. The standard InChI is InChI=1S/C25H30N4O2/c1-3-4-22(30)21-9-14(2)19(13-26-21)20-10-17-12-27-23(29-25(31)16-7-8-16)11-18(17)24(28-20)15-5-6-15/h9-13,15-16,21-22,26,30H,3-8H2,1-2H3,(H,27,29,31). The maximum Gasteiger partial charge on any atom is 0.228 e. The highest BCUT2D eigenvalue weighted by atomic mass is 16.3. The van der Waals surface area contributed by atoms with Gasteiger partial charge in [0.1, 0.15) is 5.82 Å². The van der Waals surface area contributed by atoms with Crippen LogP contribution in [0.15, 0.2) is 36.2 Å². The van der Waals surface area contributed by atoms with Gasteiger partial charge in [-0.1, -0.05) is 19.4 Å². The van der Waals surface area contributed by atoms with E-state index in [9.17, 15) is 9.90 Å². The number of carbonyl (C=O) groups excluding carboxylic acids is 1. The van der Waals surface area contributed by atoms with Crippen molar-refractivity contribution in [2.45, 2.75) is 70.4 Å². The van der Waals surface area contributed by atoms with Gasteiger partial charge in [-0.3, -0.25) is 9.78 Å². The van der Waals surface area contributed by atoms with E-state index in [-0.39, 0.29) is 17.9 Å². The van der Waals surface area contributed by atoms with E-state index in [0.717, 1.165) is 71.8 Å². The molecule has 3 N–H and O–H groups in total. The molecule has 5 rings (SSSR count). The molecular formula is C25H30N4O2. The summed E-state index contributed by atoms with van der Waals surface area (Å²) in [6.45, 7) is 4.16. The summed E-state index contributed by atoms with van der Waals surface area (Å²) in [5.41, 5.74) is 4.19. The fourth-order valence-electron chi connectivity index (χ4n) is 4.29. The van der Waals surface area contributed by atoms with Gasteiger partial charge in [-0.25, -0.2) is 4.98 Å². The van der Waals surface area contributed by atoms with Gasteiger partial charge in [0.25, 0.3) is 0 Å². The maximum absolute atomic E-state index is 12.1. The Balaban J connectivity index is 1.46. The van der Waals surface area contributed by atoms with Gasteiger partial charge in [0, 0.05) is 40.6 Å². The van der Waals surface area contributed by atoms with Crippen LogP contribution in [0.4, 0.5) is 5.82 Å². The lowest BCUT2D eigenvalue weighted by molar-refractivity contribution is -0.117. The quantitative estimate of drug-likeness (QED) is 0.625. The van der Waals surface area contributed by atoms with Gasteiger partial charge in [-0.2, -0.15) is 0 Å². The number of fused-ring (bicyclic) bond motifs is 1. The highest BCUT2D eigenvalue weighted by molar-refractivity contribution is 5.96. The lowest BCUT2D eigenvalue weighted by Crippen LogP contribution is -2.37. The molecule has 162 valence electrons. The summed E-state index contributed by atoms with van der Waals surface area (Å²) in [6.07, 6.45) is 11.5. The number of aliphatic hydroxyl groups is 1. The monoisotopic (exact) mass is 418 g/mol. The van der Waals surface area contributed by atoms with Crippen LogP contribution < -0.4 is 10.6 Å². The third-order valence-corrected chi connectivity index (χ3v) is 6.46. The average Bonchev–Trinajstić information content (AvgIpc) is 3.65. The second-order valence-corrected chi connectivity index (χ2v) is 9.18. The number of aliphatic hydroxyl groups excluding tert-OH is 1. The largest absolute Gasteiger partial charge is 0.391 e. The number of hydrogen-bond donors (Lipinski definition) is 3. The molecule has 2 fully saturated rings. The van der Waals surface area contributed by atoms with Crippen LogP contribution >= 0.6 is 0 Å². The number of carbonyl (C=O) groups is 1. The number of dihydropyridines is 1. The van der Waals surface area contributed by atoms with Crippen molar-refractivity contribution >= 4 is 28.1 Å². The number of aromatic nitrogens is 2. The van der Waals surface area contributed by atoms with E-state index in [1.165, 1.54) is 0 Å². The van der Waals surface area contributed by atoms with Crippen LogP contribution in [0, 0.1) is 5.92 Å². The molecule has 31 heavy (non-hydrogen) atoms. The normalized spacial score (nSPS) is 21.8. The van der Waals surface area contributed by atoms with Gasteiger partial charge in [0.05, 0.1) is 23.5 Å². The second kappa shape index (κ2) is 8.08. The molecule has 2 aromatic heterocycles. The molecule has 0 spiro atoms. The first-order valence-corrected chi connectivity index (χ1v) is 11.5. The van der Waals surface area contributed by atoms with Crippen molar-refractivity contribution in [3.05, 3.63) is 47.6 Å². The number of pyridine rings is 2. The molecule has 0 saturated heterocycles. The Bertz CT molecular complexity index is 1080. The molecule has 2 aromatic rings. The van der Waals surface area contributed by atoms with Crippen LogP contribution in [0.3, 0.4) is 0 Å². The van der Waals surface area contributed by atoms with Crippen LogP contribution in [-0.4, -0.2) is 33.1 Å². The molecule has 0 aromatic carbocycles. The van der Waals surface area contributed by atoms with Gasteiger partial charge in [-0.05, 0) is 56.7 Å². The maximum atomic E-state index is 12.1. The van der Waals surface area contributed by atoms with E-state index in [0.29, 0.717) is 11.7 Å². The van der Waals surface area contributed by atoms with E-state index in [2.05, 4.69) is 41.6 Å². The number of amides is 1. The minimum absolute atomic E-state index is 0.0636. The summed E-state index contributed by atoms with van der Waals surface area (Å²) in [4.78, 5) is 21.7. The lowest BCUT2D eigenvalue weighted by Gasteiger charge is -2.26. The van der Waals surface area contributed by atoms with Crippen LogP contribution in [0.2, 0.25) is 0 Å². The Morgan fingerprint density at radius 3 is 2.77 bits per heavy atom. The Labute approximate surface area is 182 Å². The van der Waals surface area contributed by atoms with Crippen molar-refractivity contribution in [2.24, 2.45) is 5.92 Å². The number of hydrogen-bond acceptors (Lipinski definition) is 5. The van der Waals surface area contributed by atoms with E-state index < -0.39 is 6.10 Å². The van der Waals surface area contributed by atoms with Crippen molar-refractivity contribution in [3.63, 3.8) is 0 Å². The summed E-state index contributed by atoms with van der Waals surface area (Å²) >= 11 is 0. The van der Waals surface area contributed by atoms with E-state index in [4.69, 9.17) is 4.98 Å². The van der Waals surface area contributed by atoms with Gasteiger partial charge in [-0.15, -0.1) is 0 Å². The summed E-state index contributed by atoms with van der Waals surface area (Å²) < 4.78 is 0. The van der Waals surface area contributed by atoms with Crippen molar-refractivity contribution in [3.8, 4) is 0 Å². The van der Waals surface area contributed by atoms with Crippen LogP contribution in [0.25, 0.3) is 16.3 Å². The number of rotatable bonds is 7. The summed E-state index contributed by atoms with van der Waals surface area (Å²) in [5.74, 6) is 1.31. The Morgan fingerprint density at radius 2 is 2.10 bits per heavy atom. The number of nitrogens with one attached hydrogen (secondary N) is 2. The van der Waals surface area contributed by atoms with Crippen LogP contribution in [-0.2, 0) is 4.79 Å². The lowest BCUT2D eigenvalue weighted by atomic mass is 9.94. The molecule has 2 aliphatic carbocycles. The number of anilines is 1. The minimum Gasteiger partial charge on any atom is -0.391 e. The Morgan fingerprint density at radius 1 is 1.29 bits per heavy atom. The van der Waals surface area contributed by atoms with Crippen LogP contribution in [0.1, 0.15) is 69.7 Å². The molecule has 2 saturated carbocycles. The molecule has 2 unspecified atom stereocenters. The second-order valence-electron chi connectivity index (χ2n) is 9.18. The number of nitrogens with zero attached hydrogens (tertiary/aromatic N) is 2. The molecule has 0 bridgehead atoms. The summed E-state index contributed by atoms with van der Waals surface area (Å²) in [6, 6.07) is 3.99. The van der Waals surface area contributed by atoms with Crippen molar-refractivity contribution < 1.29 is 9.90 Å². The summed E-state index contributed by atoms with van der Waals surface area (Å²) in [7, 11) is 0. The molecule has 1 amide bonds. The Kier molecular flexibility index (Phi) is 5.26. The highest BCUT2D eigenvalue weighted by Crippen LogP contribution is 2.43. The first kappa shape index (κ1) is 20.2. The molecule has 2 atom stereocenters. The Hall–Kier alpha value is -2.73. The van der Waals surface area contributed by atoms with E-state index >= 15 is 0 Å².